The van der Waals surface area contributed by atoms with Gasteiger partial charge in [-0.05, 0) is 61.5 Å². The largest absolute Gasteiger partial charge is 0.497 e. The second-order valence-corrected chi connectivity index (χ2v) is 8.44. The van der Waals surface area contributed by atoms with Crippen LogP contribution in [-0.2, 0) is 5.75 Å². The average molecular weight is 442 g/mol. The SMILES string of the molecule is COc1ccc(-c2nc(C)c(-c3ccc(SCc4cc(F)ccc4F)nn3)s2)cc1. The lowest BCUT2D eigenvalue weighted by Gasteiger charge is -2.04. The van der Waals surface area contributed by atoms with Gasteiger partial charge in [0.25, 0.3) is 0 Å². The topological polar surface area (TPSA) is 47.9 Å². The van der Waals surface area contributed by atoms with Gasteiger partial charge in [-0.1, -0.05) is 11.8 Å². The number of aryl methyl sites for hydroxylation is 1. The van der Waals surface area contributed by atoms with Crippen molar-refractivity contribution >= 4 is 23.1 Å². The maximum atomic E-state index is 13.8. The number of thiazole rings is 1. The first kappa shape index (κ1) is 20.4. The van der Waals surface area contributed by atoms with Crippen molar-refractivity contribution in [2.45, 2.75) is 17.7 Å². The normalized spacial score (nSPS) is 10.9. The van der Waals surface area contributed by atoms with E-state index < -0.39 is 11.6 Å². The number of methoxy groups -OCH3 is 1. The third-order valence-electron chi connectivity index (χ3n) is 4.39. The molecule has 4 rings (SSSR count). The third kappa shape index (κ3) is 4.49. The molecule has 0 saturated carbocycles. The number of halogens is 2. The highest BCUT2D eigenvalue weighted by Crippen LogP contribution is 2.35. The number of nitrogens with zero attached hydrogens (tertiary/aromatic N) is 3. The lowest BCUT2D eigenvalue weighted by Crippen LogP contribution is -1.92. The Balaban J connectivity index is 1.50. The molecule has 0 aliphatic carbocycles. The Kier molecular flexibility index (Phi) is 6.06. The molecular formula is C22H17F2N3OS2. The molecule has 0 saturated heterocycles. The maximum absolute atomic E-state index is 13.8. The van der Waals surface area contributed by atoms with Crippen LogP contribution < -0.4 is 4.74 Å². The zero-order valence-corrected chi connectivity index (χ0v) is 17.9. The molecular weight excluding hydrogens is 424 g/mol. The molecule has 4 nitrogen and oxygen atoms in total. The Hall–Kier alpha value is -2.84. The van der Waals surface area contributed by atoms with Crippen molar-refractivity contribution in [1.82, 2.24) is 15.2 Å². The van der Waals surface area contributed by atoms with E-state index in [9.17, 15) is 8.78 Å². The van der Waals surface area contributed by atoms with E-state index in [1.165, 1.54) is 17.8 Å². The zero-order valence-electron chi connectivity index (χ0n) is 16.2. The number of benzene rings is 2. The second kappa shape index (κ2) is 8.89. The third-order valence-corrected chi connectivity index (χ3v) is 6.59. The number of hydrogen-bond donors (Lipinski definition) is 0. The molecule has 152 valence electrons. The van der Waals surface area contributed by atoms with E-state index >= 15 is 0 Å². The molecule has 30 heavy (non-hydrogen) atoms. The molecule has 0 unspecified atom stereocenters. The summed E-state index contributed by atoms with van der Waals surface area (Å²) >= 11 is 2.85. The molecule has 2 aromatic heterocycles. The fourth-order valence-corrected chi connectivity index (χ4v) is 4.64. The van der Waals surface area contributed by atoms with E-state index in [1.54, 1.807) is 18.4 Å². The lowest BCUT2D eigenvalue weighted by molar-refractivity contribution is 0.415. The molecule has 2 heterocycles. The predicted molar refractivity (Wildman–Crippen MR) is 116 cm³/mol. The van der Waals surface area contributed by atoms with Crippen LogP contribution in [0.2, 0.25) is 0 Å². The maximum Gasteiger partial charge on any atom is 0.127 e. The first-order valence-corrected chi connectivity index (χ1v) is 10.9. The van der Waals surface area contributed by atoms with Gasteiger partial charge in [0.05, 0.1) is 17.7 Å². The highest BCUT2D eigenvalue weighted by atomic mass is 32.2. The summed E-state index contributed by atoms with van der Waals surface area (Å²) in [4.78, 5) is 5.60. The van der Waals surface area contributed by atoms with Crippen molar-refractivity contribution in [3.05, 3.63) is 77.5 Å². The summed E-state index contributed by atoms with van der Waals surface area (Å²) in [5.41, 5.74) is 2.91. The van der Waals surface area contributed by atoms with Crippen LogP contribution in [0.5, 0.6) is 5.75 Å². The molecule has 8 heteroatoms. The van der Waals surface area contributed by atoms with Crippen LogP contribution in [0.15, 0.2) is 59.6 Å². The molecule has 0 amide bonds. The van der Waals surface area contributed by atoms with Crippen molar-refractivity contribution in [2.75, 3.05) is 7.11 Å². The molecule has 0 atom stereocenters. The summed E-state index contributed by atoms with van der Waals surface area (Å²) < 4.78 is 32.3. The van der Waals surface area contributed by atoms with Gasteiger partial charge in [-0.2, -0.15) is 0 Å². The van der Waals surface area contributed by atoms with Crippen LogP contribution in [0.4, 0.5) is 8.78 Å². The summed E-state index contributed by atoms with van der Waals surface area (Å²) in [5.74, 6) is 0.185. The van der Waals surface area contributed by atoms with Gasteiger partial charge in [-0.3, -0.25) is 0 Å². The van der Waals surface area contributed by atoms with Gasteiger partial charge in [0.2, 0.25) is 0 Å². The van der Waals surface area contributed by atoms with Crippen LogP contribution in [0.3, 0.4) is 0 Å². The lowest BCUT2D eigenvalue weighted by atomic mass is 10.2. The summed E-state index contributed by atoms with van der Waals surface area (Å²) in [6.07, 6.45) is 0. The quantitative estimate of drug-likeness (QED) is 0.336. The Morgan fingerprint density at radius 1 is 1.00 bits per heavy atom. The zero-order chi connectivity index (χ0) is 21.1. The molecule has 0 fully saturated rings. The van der Waals surface area contributed by atoms with Gasteiger partial charge in [0.15, 0.2) is 0 Å². The average Bonchev–Trinajstić information content (AvgIpc) is 3.16. The molecule has 4 aromatic rings. The smallest absolute Gasteiger partial charge is 0.127 e. The van der Waals surface area contributed by atoms with Crippen LogP contribution in [0, 0.1) is 18.6 Å². The second-order valence-electron chi connectivity index (χ2n) is 6.44. The van der Waals surface area contributed by atoms with E-state index in [2.05, 4.69) is 15.2 Å². The van der Waals surface area contributed by atoms with E-state index in [-0.39, 0.29) is 5.75 Å². The summed E-state index contributed by atoms with van der Waals surface area (Å²) in [7, 11) is 1.63. The highest BCUT2D eigenvalue weighted by Gasteiger charge is 2.13. The molecule has 0 aliphatic rings. The number of aromatic nitrogens is 3. The fourth-order valence-electron chi connectivity index (χ4n) is 2.81. The van der Waals surface area contributed by atoms with Crippen LogP contribution >= 0.6 is 23.1 Å². The summed E-state index contributed by atoms with van der Waals surface area (Å²) in [6, 6.07) is 14.9. The van der Waals surface area contributed by atoms with Crippen LogP contribution in [0.25, 0.3) is 21.1 Å². The monoisotopic (exact) mass is 441 g/mol. The van der Waals surface area contributed by atoms with Crippen molar-refractivity contribution in [3.63, 3.8) is 0 Å². The number of hydrogen-bond acceptors (Lipinski definition) is 6. The minimum atomic E-state index is -0.457. The van der Waals surface area contributed by atoms with Gasteiger partial charge in [0, 0.05) is 16.9 Å². The Labute approximate surface area is 181 Å². The van der Waals surface area contributed by atoms with Gasteiger partial charge in [-0.25, -0.2) is 13.8 Å². The van der Waals surface area contributed by atoms with Gasteiger partial charge >= 0.3 is 0 Å². The van der Waals surface area contributed by atoms with Crippen molar-refractivity contribution in [3.8, 4) is 26.9 Å². The number of thioether (sulfide) groups is 1. The van der Waals surface area contributed by atoms with Gasteiger partial charge < -0.3 is 4.74 Å². The van der Waals surface area contributed by atoms with Gasteiger partial charge in [0.1, 0.15) is 33.1 Å². The Morgan fingerprint density at radius 3 is 2.50 bits per heavy atom. The van der Waals surface area contributed by atoms with Crippen molar-refractivity contribution < 1.29 is 13.5 Å². The Bertz CT molecular complexity index is 1160. The molecule has 2 aromatic carbocycles. The van der Waals surface area contributed by atoms with E-state index in [0.29, 0.717) is 10.6 Å². The summed E-state index contributed by atoms with van der Waals surface area (Å²) in [6.45, 7) is 1.94. The predicted octanol–water partition coefficient (Wildman–Crippen LogP) is 6.15. The summed E-state index contributed by atoms with van der Waals surface area (Å²) in [5, 5.41) is 10.1. The highest BCUT2D eigenvalue weighted by molar-refractivity contribution is 7.98. The first-order chi connectivity index (χ1) is 14.5. The van der Waals surface area contributed by atoms with Crippen LogP contribution in [-0.4, -0.2) is 22.3 Å². The molecule has 0 N–H and O–H groups in total. The number of rotatable bonds is 6. The van der Waals surface area contributed by atoms with Gasteiger partial charge in [-0.15, -0.1) is 21.5 Å². The first-order valence-electron chi connectivity index (χ1n) is 9.06. The minimum absolute atomic E-state index is 0.277. The standard InChI is InChI=1S/C22H17F2N3OS2/c1-13-21(30-22(25-13)14-3-6-17(28-2)7-4-14)19-9-10-20(27-26-19)29-12-15-11-16(23)5-8-18(15)24/h3-11H,12H2,1-2H3. The van der Waals surface area contributed by atoms with Crippen molar-refractivity contribution in [2.24, 2.45) is 0 Å². The molecule has 0 bridgehead atoms. The number of ether oxygens (including phenoxy) is 1. The molecule has 0 spiro atoms. The van der Waals surface area contributed by atoms with E-state index in [1.807, 2.05) is 43.3 Å². The van der Waals surface area contributed by atoms with E-state index in [0.717, 1.165) is 44.7 Å². The molecule has 0 aliphatic heterocycles. The van der Waals surface area contributed by atoms with Crippen LogP contribution in [0.1, 0.15) is 11.3 Å². The van der Waals surface area contributed by atoms with Crippen molar-refractivity contribution in [1.29, 1.82) is 0 Å². The van der Waals surface area contributed by atoms with E-state index in [4.69, 9.17) is 4.74 Å². The minimum Gasteiger partial charge on any atom is -0.497 e. The fraction of sp³-hybridized carbons (Fsp3) is 0.136. The Morgan fingerprint density at radius 2 is 1.80 bits per heavy atom. The molecule has 0 radical (unpaired) electrons.